The van der Waals surface area contributed by atoms with Gasteiger partial charge < -0.3 is 9.80 Å². The molecule has 344 valence electrons. The predicted octanol–water partition coefficient (Wildman–Crippen LogP) is 15.6. The second-order valence-corrected chi connectivity index (χ2v) is 25.6. The van der Waals surface area contributed by atoms with Gasteiger partial charge in [0.15, 0.2) is 0 Å². The molecule has 2 heterocycles. The first-order chi connectivity index (χ1) is 31.8. The highest BCUT2D eigenvalue weighted by Crippen LogP contribution is 2.56. The molecule has 0 spiro atoms. The van der Waals surface area contributed by atoms with Crippen LogP contribution in [0, 0.1) is 13.8 Å². The molecular formula is C65H71BN2. The largest absolute Gasteiger partial charge is 0.311 e. The van der Waals surface area contributed by atoms with Crippen molar-refractivity contribution in [2.24, 2.45) is 0 Å². The number of hydrogen-bond acceptors (Lipinski definition) is 2. The van der Waals surface area contributed by atoms with Crippen molar-refractivity contribution in [2.75, 3.05) is 9.80 Å². The van der Waals surface area contributed by atoms with Crippen molar-refractivity contribution in [3.05, 3.63) is 183 Å². The molecule has 7 aromatic rings. The molecule has 7 aromatic carbocycles. The Bertz CT molecular complexity index is 3260. The van der Waals surface area contributed by atoms with Crippen molar-refractivity contribution in [3.63, 3.8) is 0 Å². The number of nitrogens with zero attached hydrogens (tertiary/aromatic N) is 2. The van der Waals surface area contributed by atoms with Crippen LogP contribution in [0.1, 0.15) is 159 Å². The number of benzene rings is 7. The molecule has 0 radical (unpaired) electrons. The van der Waals surface area contributed by atoms with E-state index >= 15 is 0 Å². The fourth-order valence-corrected chi connectivity index (χ4v) is 13.5. The van der Waals surface area contributed by atoms with Crippen LogP contribution in [-0.2, 0) is 32.5 Å². The predicted molar refractivity (Wildman–Crippen MR) is 294 cm³/mol. The summed E-state index contributed by atoms with van der Waals surface area (Å²) < 4.78 is 0. The van der Waals surface area contributed by atoms with Gasteiger partial charge in [0.2, 0.25) is 0 Å². The number of aryl methyl sites for hydroxylation is 2. The van der Waals surface area contributed by atoms with Crippen molar-refractivity contribution in [1.29, 1.82) is 0 Å². The molecule has 0 N–H and O–H groups in total. The minimum absolute atomic E-state index is 0.000846. The maximum absolute atomic E-state index is 2.72. The number of anilines is 6. The molecule has 0 aromatic heterocycles. The van der Waals surface area contributed by atoms with Crippen molar-refractivity contribution in [1.82, 2.24) is 0 Å². The Kier molecular flexibility index (Phi) is 9.45. The Morgan fingerprint density at radius 2 is 0.912 bits per heavy atom. The molecule has 0 saturated heterocycles. The van der Waals surface area contributed by atoms with Crippen molar-refractivity contribution >= 4 is 57.2 Å². The fraction of sp³-hybridized carbons (Fsp3) is 0.354. The van der Waals surface area contributed by atoms with Gasteiger partial charge in [0, 0.05) is 44.8 Å². The lowest BCUT2D eigenvalue weighted by Crippen LogP contribution is -2.62. The lowest BCUT2D eigenvalue weighted by molar-refractivity contribution is 0.403. The van der Waals surface area contributed by atoms with E-state index in [0.717, 1.165) is 6.42 Å². The lowest BCUT2D eigenvalue weighted by atomic mass is 9.33. The summed E-state index contributed by atoms with van der Waals surface area (Å²) in [5.74, 6) is 0. The maximum atomic E-state index is 2.72. The lowest BCUT2D eigenvalue weighted by Gasteiger charge is -2.48. The van der Waals surface area contributed by atoms with E-state index in [-0.39, 0.29) is 39.2 Å². The SMILES string of the molecule is Cc1cc2c3c(c1)N(c1ccc(C(C)(C)C)cc1-c1ccccc1)c1ccc(C(C)(C)C)cc1B3c1cc3c(cc1N2c1cc2c(cc1C)C(C)(C)CC2(C)C)C(C)(C)c1ccccc1C3(C)C. The Morgan fingerprint density at radius 3 is 1.50 bits per heavy atom. The summed E-state index contributed by atoms with van der Waals surface area (Å²) in [5.41, 5.74) is 27.9. The highest BCUT2D eigenvalue weighted by Gasteiger charge is 2.49. The van der Waals surface area contributed by atoms with E-state index in [1.807, 2.05) is 0 Å². The maximum Gasteiger partial charge on any atom is 0.252 e. The molecule has 0 atom stereocenters. The normalized spacial score (nSPS) is 17.7. The fourth-order valence-electron chi connectivity index (χ4n) is 13.5. The zero-order chi connectivity index (χ0) is 48.4. The molecule has 68 heavy (non-hydrogen) atoms. The van der Waals surface area contributed by atoms with E-state index in [1.165, 1.54) is 117 Å². The molecule has 2 nitrogen and oxygen atoms in total. The minimum atomic E-state index is -0.201. The van der Waals surface area contributed by atoms with E-state index in [2.05, 4.69) is 248 Å². The summed E-state index contributed by atoms with van der Waals surface area (Å²) in [5, 5.41) is 0. The Balaban J connectivity index is 1.29. The standard InChI is InChI=1S/C65H71BN2/c1-39-30-57-59-58(31-39)68(55-36-48-47(32-40(55)2)62(9,10)38-63(48,11)12)56-37-50-49(64(13,14)45-24-20-21-25-46(45)65(50,15)16)35-52(56)66(59)51-34-43(61(6,7)8)27-29-54(51)67(57)53-28-26-42(60(3,4)5)33-44(53)41-22-18-17-19-23-41/h17-37H,38H2,1-16H3. The summed E-state index contributed by atoms with van der Waals surface area (Å²) in [6.07, 6.45) is 1.13. The minimum Gasteiger partial charge on any atom is -0.311 e. The summed E-state index contributed by atoms with van der Waals surface area (Å²) in [7, 11) is 0. The van der Waals surface area contributed by atoms with E-state index < -0.39 is 0 Å². The van der Waals surface area contributed by atoms with Gasteiger partial charge >= 0.3 is 0 Å². The molecule has 0 fully saturated rings. The third kappa shape index (κ3) is 6.43. The van der Waals surface area contributed by atoms with Crippen LogP contribution in [0.15, 0.2) is 127 Å². The Labute approximate surface area is 408 Å². The molecule has 0 unspecified atom stereocenters. The van der Waals surface area contributed by atoms with Crippen LogP contribution < -0.4 is 26.2 Å². The highest BCUT2D eigenvalue weighted by atomic mass is 15.2. The van der Waals surface area contributed by atoms with Crippen LogP contribution in [0.3, 0.4) is 0 Å². The summed E-state index contributed by atoms with van der Waals surface area (Å²) in [6, 6.07) is 50.5. The molecule has 0 saturated carbocycles. The van der Waals surface area contributed by atoms with Gasteiger partial charge in [0.05, 0.1) is 5.69 Å². The van der Waals surface area contributed by atoms with Gasteiger partial charge in [-0.3, -0.25) is 0 Å². The molecule has 2 aliphatic carbocycles. The molecule has 4 aliphatic rings. The van der Waals surface area contributed by atoms with E-state index in [1.54, 1.807) is 0 Å². The van der Waals surface area contributed by atoms with E-state index in [4.69, 9.17) is 0 Å². The Morgan fingerprint density at radius 1 is 0.426 bits per heavy atom. The van der Waals surface area contributed by atoms with Gasteiger partial charge in [-0.25, -0.2) is 0 Å². The highest BCUT2D eigenvalue weighted by molar-refractivity contribution is 7.00. The molecule has 0 bridgehead atoms. The van der Waals surface area contributed by atoms with Gasteiger partial charge in [-0.05, 0) is 162 Å². The smallest absolute Gasteiger partial charge is 0.252 e. The van der Waals surface area contributed by atoms with E-state index in [0.29, 0.717) is 0 Å². The van der Waals surface area contributed by atoms with Crippen LogP contribution in [0.5, 0.6) is 0 Å². The van der Waals surface area contributed by atoms with E-state index in [9.17, 15) is 0 Å². The zero-order valence-corrected chi connectivity index (χ0v) is 43.8. The summed E-state index contributed by atoms with van der Waals surface area (Å²) in [4.78, 5) is 5.36. The Hall–Kier alpha value is -5.80. The zero-order valence-electron chi connectivity index (χ0n) is 43.8. The molecule has 11 rings (SSSR count). The third-order valence-corrected chi connectivity index (χ3v) is 16.9. The van der Waals surface area contributed by atoms with Gasteiger partial charge in [-0.2, -0.15) is 0 Å². The third-order valence-electron chi connectivity index (χ3n) is 16.9. The quantitative estimate of drug-likeness (QED) is 0.163. The second-order valence-electron chi connectivity index (χ2n) is 25.6. The van der Waals surface area contributed by atoms with Crippen molar-refractivity contribution in [2.45, 2.75) is 150 Å². The van der Waals surface area contributed by atoms with Crippen LogP contribution in [0.4, 0.5) is 34.1 Å². The number of hydrogen-bond donors (Lipinski definition) is 0. The average Bonchev–Trinajstić information content (AvgIpc) is 3.45. The average molecular weight is 891 g/mol. The molecular weight excluding hydrogens is 820 g/mol. The van der Waals surface area contributed by atoms with Gasteiger partial charge in [-0.1, -0.05) is 182 Å². The van der Waals surface area contributed by atoms with Crippen LogP contribution in [0.25, 0.3) is 11.1 Å². The summed E-state index contributed by atoms with van der Waals surface area (Å²) in [6.45, 7) is 38.4. The number of fused-ring (bicyclic) bond motifs is 7. The van der Waals surface area contributed by atoms with Crippen LogP contribution >= 0.6 is 0 Å². The molecule has 0 amide bonds. The van der Waals surface area contributed by atoms with Crippen LogP contribution in [-0.4, -0.2) is 6.71 Å². The van der Waals surface area contributed by atoms with Crippen molar-refractivity contribution < 1.29 is 0 Å². The second kappa shape index (κ2) is 14.4. The number of rotatable bonds is 3. The first-order valence-corrected chi connectivity index (χ1v) is 25.3. The summed E-state index contributed by atoms with van der Waals surface area (Å²) >= 11 is 0. The topological polar surface area (TPSA) is 6.48 Å². The molecule has 3 heteroatoms. The van der Waals surface area contributed by atoms with Gasteiger partial charge in [0.25, 0.3) is 6.71 Å². The van der Waals surface area contributed by atoms with Gasteiger partial charge in [-0.15, -0.1) is 0 Å². The first kappa shape index (κ1) is 44.7. The molecule has 2 aliphatic heterocycles. The van der Waals surface area contributed by atoms with Gasteiger partial charge in [0.1, 0.15) is 0 Å². The monoisotopic (exact) mass is 891 g/mol. The van der Waals surface area contributed by atoms with Crippen molar-refractivity contribution in [3.8, 4) is 11.1 Å². The first-order valence-electron chi connectivity index (χ1n) is 25.3. The van der Waals surface area contributed by atoms with Crippen LogP contribution in [0.2, 0.25) is 0 Å².